The van der Waals surface area contributed by atoms with Gasteiger partial charge >= 0.3 is 6.18 Å². The molecule has 4 heterocycles. The predicted molar refractivity (Wildman–Crippen MR) is 128 cm³/mol. The second kappa shape index (κ2) is 10.2. The van der Waals surface area contributed by atoms with Gasteiger partial charge < -0.3 is 14.8 Å². The minimum atomic E-state index is -4.43. The molecular formula is C24H21F3N6O2S. The molecule has 1 aliphatic heterocycles. The third-order valence-corrected chi connectivity index (χ3v) is 6.80. The molecular weight excluding hydrogens is 493 g/mol. The summed E-state index contributed by atoms with van der Waals surface area (Å²) in [7, 11) is 0. The van der Waals surface area contributed by atoms with Crippen molar-refractivity contribution in [3.8, 4) is 22.7 Å². The van der Waals surface area contributed by atoms with Crippen LogP contribution in [0.5, 0.6) is 0 Å². The molecule has 1 aliphatic rings. The van der Waals surface area contributed by atoms with Crippen molar-refractivity contribution in [3.05, 3.63) is 72.9 Å². The summed E-state index contributed by atoms with van der Waals surface area (Å²) in [6.07, 6.45) is -0.767. The minimum Gasteiger partial charge on any atom is -0.422 e. The summed E-state index contributed by atoms with van der Waals surface area (Å²) in [6, 6.07) is 13.8. The summed E-state index contributed by atoms with van der Waals surface area (Å²) >= 11 is 1.55. The Hall–Kier alpha value is -3.48. The Morgan fingerprint density at radius 1 is 1.06 bits per heavy atom. The van der Waals surface area contributed by atoms with Crippen molar-refractivity contribution in [3.63, 3.8) is 0 Å². The highest BCUT2D eigenvalue weighted by Crippen LogP contribution is 2.31. The highest BCUT2D eigenvalue weighted by molar-refractivity contribution is 7.97. The molecule has 3 aromatic heterocycles. The molecule has 0 saturated carbocycles. The minimum absolute atomic E-state index is 0.298. The van der Waals surface area contributed by atoms with Gasteiger partial charge in [-0.2, -0.15) is 13.2 Å². The number of benzene rings is 1. The second-order valence-corrected chi connectivity index (χ2v) is 9.38. The van der Waals surface area contributed by atoms with E-state index >= 15 is 0 Å². The van der Waals surface area contributed by atoms with Gasteiger partial charge in [0.1, 0.15) is 11.5 Å². The summed E-state index contributed by atoms with van der Waals surface area (Å²) < 4.78 is 45.4. The number of nitrogens with zero attached hydrogens (tertiary/aromatic N) is 5. The molecule has 12 heteroatoms. The lowest BCUT2D eigenvalue weighted by molar-refractivity contribution is -0.137. The number of aliphatic hydroxyl groups is 1. The number of hydrogen-bond donors (Lipinski definition) is 2. The molecule has 186 valence electrons. The van der Waals surface area contributed by atoms with Crippen LogP contribution in [0, 0.1) is 0 Å². The van der Waals surface area contributed by atoms with Crippen LogP contribution < -0.4 is 5.32 Å². The van der Waals surface area contributed by atoms with Gasteiger partial charge in [-0.1, -0.05) is 12.1 Å². The smallest absolute Gasteiger partial charge is 0.417 e. The largest absolute Gasteiger partial charge is 0.422 e. The third kappa shape index (κ3) is 5.66. The zero-order valence-corrected chi connectivity index (χ0v) is 19.6. The van der Waals surface area contributed by atoms with E-state index in [0.717, 1.165) is 28.3 Å². The molecule has 5 rings (SSSR count). The van der Waals surface area contributed by atoms with Gasteiger partial charge in [0.15, 0.2) is 0 Å². The summed E-state index contributed by atoms with van der Waals surface area (Å²) in [5.74, 6) is 0.664. The number of anilines is 1. The van der Waals surface area contributed by atoms with Crippen molar-refractivity contribution >= 4 is 17.8 Å². The van der Waals surface area contributed by atoms with E-state index < -0.39 is 17.8 Å². The molecule has 1 fully saturated rings. The first-order valence-corrected chi connectivity index (χ1v) is 11.9. The van der Waals surface area contributed by atoms with Crippen molar-refractivity contribution < 1.29 is 22.7 Å². The maximum Gasteiger partial charge on any atom is 0.417 e. The quantitative estimate of drug-likeness (QED) is 0.353. The number of piperidine rings is 1. The average molecular weight is 515 g/mol. The Labute approximate surface area is 208 Å². The van der Waals surface area contributed by atoms with Crippen LogP contribution >= 0.6 is 11.9 Å². The van der Waals surface area contributed by atoms with Crippen molar-refractivity contribution in [2.45, 2.75) is 29.6 Å². The Morgan fingerprint density at radius 3 is 2.56 bits per heavy atom. The van der Waals surface area contributed by atoms with E-state index in [1.165, 1.54) is 12.5 Å². The molecule has 1 aromatic carbocycles. The lowest BCUT2D eigenvalue weighted by atomic mass is 10.0. The van der Waals surface area contributed by atoms with Crippen LogP contribution in [-0.2, 0) is 6.18 Å². The van der Waals surface area contributed by atoms with Crippen LogP contribution in [0.25, 0.3) is 22.7 Å². The third-order valence-electron chi connectivity index (χ3n) is 5.73. The summed E-state index contributed by atoms with van der Waals surface area (Å²) in [6.45, 7) is 1.10. The Balaban J connectivity index is 1.17. The second-order valence-electron chi connectivity index (χ2n) is 8.21. The van der Waals surface area contributed by atoms with Crippen molar-refractivity contribution in [2.75, 3.05) is 18.4 Å². The van der Waals surface area contributed by atoms with Crippen LogP contribution in [0.4, 0.5) is 19.0 Å². The van der Waals surface area contributed by atoms with Crippen LogP contribution in [0.1, 0.15) is 12.0 Å². The van der Waals surface area contributed by atoms with Gasteiger partial charge in [-0.3, -0.25) is 4.98 Å². The highest BCUT2D eigenvalue weighted by atomic mass is 32.2. The van der Waals surface area contributed by atoms with Gasteiger partial charge in [0, 0.05) is 30.4 Å². The van der Waals surface area contributed by atoms with Crippen LogP contribution in [0.15, 0.2) is 76.6 Å². The van der Waals surface area contributed by atoms with E-state index in [2.05, 4.69) is 29.8 Å². The number of nitrogens with one attached hydrogen (secondary N) is 1. The van der Waals surface area contributed by atoms with E-state index in [1.807, 2.05) is 36.4 Å². The first kappa shape index (κ1) is 24.2. The Morgan fingerprint density at radius 2 is 1.89 bits per heavy atom. The molecule has 36 heavy (non-hydrogen) atoms. The molecule has 0 aliphatic carbocycles. The van der Waals surface area contributed by atoms with Crippen molar-refractivity contribution in [1.82, 2.24) is 24.5 Å². The van der Waals surface area contributed by atoms with Gasteiger partial charge in [-0.25, -0.2) is 9.29 Å². The number of β-amino-alcohol motifs (C(OH)–C–C–N with tert-alkyl or cyclic N) is 1. The molecule has 2 unspecified atom stereocenters. The number of halogens is 3. The summed E-state index contributed by atoms with van der Waals surface area (Å²) in [4.78, 5) is 9.13. The van der Waals surface area contributed by atoms with Crippen LogP contribution in [0.2, 0.25) is 0 Å². The fraction of sp³-hybridized carbons (Fsp3) is 0.250. The number of hydrogen-bond acceptors (Lipinski definition) is 9. The van der Waals surface area contributed by atoms with Crippen molar-refractivity contribution in [1.29, 1.82) is 0 Å². The van der Waals surface area contributed by atoms with Gasteiger partial charge in [0.2, 0.25) is 6.39 Å². The topological polar surface area (TPSA) is 100 Å². The number of aromatic nitrogens is 4. The summed E-state index contributed by atoms with van der Waals surface area (Å²) in [5.41, 5.74) is 1.77. The molecule has 8 nitrogen and oxygen atoms in total. The molecule has 0 amide bonds. The van der Waals surface area contributed by atoms with Crippen molar-refractivity contribution in [2.24, 2.45) is 0 Å². The first-order chi connectivity index (χ1) is 17.3. The SMILES string of the molecule is OC1CN(Sc2ccc(-c3ccnc(-c4nnco4)c3)cc2)CCC1Nc1ccc(C(F)(F)F)cn1. The predicted octanol–water partition coefficient (Wildman–Crippen LogP) is 4.77. The molecule has 0 radical (unpaired) electrons. The van der Waals surface area contributed by atoms with E-state index in [4.69, 9.17) is 4.42 Å². The number of rotatable bonds is 6. The highest BCUT2D eigenvalue weighted by Gasteiger charge is 2.31. The standard InChI is InChI=1S/C24H21F3N6O2S/c25-24(26,27)17-3-6-22(29-12-17)31-19-8-10-33(13-21(19)34)36-18-4-1-15(2-5-18)16-7-9-28-20(11-16)23-32-30-14-35-23/h1-7,9,11-12,14,19,21,34H,8,10,13H2,(H,29,31). The van der Waals surface area contributed by atoms with Gasteiger partial charge in [0.25, 0.3) is 5.89 Å². The maximum absolute atomic E-state index is 12.7. The van der Waals surface area contributed by atoms with E-state index in [1.54, 1.807) is 18.1 Å². The average Bonchev–Trinajstić information content (AvgIpc) is 3.41. The van der Waals surface area contributed by atoms with E-state index in [9.17, 15) is 18.3 Å². The summed E-state index contributed by atoms with van der Waals surface area (Å²) in [5, 5.41) is 21.2. The number of aliphatic hydroxyl groups excluding tert-OH is 1. The van der Waals surface area contributed by atoms with E-state index in [0.29, 0.717) is 36.9 Å². The number of alkyl halides is 3. The zero-order valence-electron chi connectivity index (χ0n) is 18.8. The zero-order chi connectivity index (χ0) is 25.1. The van der Waals surface area contributed by atoms with Gasteiger partial charge in [-0.05, 0) is 65.9 Å². The fourth-order valence-corrected chi connectivity index (χ4v) is 4.84. The lowest BCUT2D eigenvalue weighted by Crippen LogP contribution is -2.47. The lowest BCUT2D eigenvalue weighted by Gasteiger charge is -2.35. The van der Waals surface area contributed by atoms with Gasteiger partial charge in [0.05, 0.1) is 17.7 Å². The van der Waals surface area contributed by atoms with Gasteiger partial charge in [-0.15, -0.1) is 10.2 Å². The van der Waals surface area contributed by atoms with Crippen LogP contribution in [0.3, 0.4) is 0 Å². The fourth-order valence-electron chi connectivity index (χ4n) is 3.86. The molecule has 4 aromatic rings. The number of pyridine rings is 2. The molecule has 2 atom stereocenters. The van der Waals surface area contributed by atoms with Crippen LogP contribution in [-0.4, -0.2) is 54.8 Å². The first-order valence-electron chi connectivity index (χ1n) is 11.1. The molecule has 1 saturated heterocycles. The van der Waals surface area contributed by atoms with E-state index in [-0.39, 0.29) is 6.04 Å². The normalized spacial score (nSPS) is 18.8. The maximum atomic E-state index is 12.7. The molecule has 0 bridgehead atoms. The molecule has 0 spiro atoms. The Kier molecular flexibility index (Phi) is 6.90. The monoisotopic (exact) mass is 514 g/mol. The molecule has 2 N–H and O–H groups in total. The Bertz CT molecular complexity index is 1290.